The molecule has 4 rings (SSSR count). The van der Waals surface area contributed by atoms with Crippen LogP contribution in [0.15, 0.2) is 28.3 Å². The second-order valence-electron chi connectivity index (χ2n) is 7.98. The zero-order chi connectivity index (χ0) is 21.8. The molecule has 2 saturated heterocycles. The number of nitrogens with one attached hydrogen (secondary N) is 1. The Balaban J connectivity index is 1.47. The molecule has 1 atom stereocenters. The molecule has 2 aliphatic heterocycles. The molecule has 8 nitrogen and oxygen atoms in total. The van der Waals surface area contributed by atoms with Crippen LogP contribution in [0.5, 0.6) is 0 Å². The molecule has 0 spiro atoms. The number of ether oxygens (including phenoxy) is 1. The molecule has 2 aromatic rings. The highest BCUT2D eigenvalue weighted by Gasteiger charge is 2.27. The topological polar surface area (TPSA) is 93.5 Å². The van der Waals surface area contributed by atoms with Gasteiger partial charge in [0.05, 0.1) is 27.8 Å². The molecule has 170 valence electrons. The van der Waals surface area contributed by atoms with Gasteiger partial charge in [0.2, 0.25) is 15.9 Å². The Bertz CT molecular complexity index is 1030. The van der Waals surface area contributed by atoms with Gasteiger partial charge >= 0.3 is 0 Å². The van der Waals surface area contributed by atoms with Gasteiger partial charge in [-0.3, -0.25) is 4.79 Å². The largest absolute Gasteiger partial charge is 0.376 e. The van der Waals surface area contributed by atoms with Gasteiger partial charge in [0.25, 0.3) is 0 Å². The summed E-state index contributed by atoms with van der Waals surface area (Å²) in [5, 5.41) is 3.64. The highest BCUT2D eigenvalue weighted by molar-refractivity contribution is 7.99. The zero-order valence-corrected chi connectivity index (χ0v) is 19.5. The SMILES string of the molecule is CCn1c(SCC(=O)NC[C@H]2CCCO2)nc2cc(S(=O)(=O)N3CCCCC3)ccc21. The Hall–Kier alpha value is -1.62. The summed E-state index contributed by atoms with van der Waals surface area (Å²) in [7, 11) is -3.50. The summed E-state index contributed by atoms with van der Waals surface area (Å²) in [4.78, 5) is 17.2. The minimum atomic E-state index is -3.50. The second-order valence-corrected chi connectivity index (χ2v) is 10.9. The lowest BCUT2D eigenvalue weighted by atomic mass is 10.2. The number of piperidine rings is 1. The van der Waals surface area contributed by atoms with E-state index in [1.54, 1.807) is 16.4 Å². The average Bonchev–Trinajstić information content (AvgIpc) is 3.43. The van der Waals surface area contributed by atoms with Crippen LogP contribution >= 0.6 is 11.8 Å². The lowest BCUT2D eigenvalue weighted by Crippen LogP contribution is -2.35. The molecule has 31 heavy (non-hydrogen) atoms. The van der Waals surface area contributed by atoms with Crippen LogP contribution < -0.4 is 5.32 Å². The summed E-state index contributed by atoms with van der Waals surface area (Å²) in [6, 6.07) is 5.15. The number of hydrogen-bond donors (Lipinski definition) is 1. The first kappa shape index (κ1) is 22.6. The molecule has 3 heterocycles. The molecule has 0 bridgehead atoms. The Morgan fingerprint density at radius 2 is 2.06 bits per heavy atom. The molecule has 1 aromatic carbocycles. The van der Waals surface area contributed by atoms with Crippen LogP contribution in [0.25, 0.3) is 11.0 Å². The third kappa shape index (κ3) is 5.08. The van der Waals surface area contributed by atoms with Gasteiger partial charge in [-0.2, -0.15) is 4.31 Å². The monoisotopic (exact) mass is 466 g/mol. The normalized spacial score (nSPS) is 20.4. The number of benzene rings is 1. The summed E-state index contributed by atoms with van der Waals surface area (Å²) in [5.74, 6) is 0.207. The van der Waals surface area contributed by atoms with E-state index in [1.807, 2.05) is 17.6 Å². The fourth-order valence-corrected chi connectivity index (χ4v) is 6.58. The number of aromatic nitrogens is 2. The Labute approximate surface area is 187 Å². The number of thioether (sulfide) groups is 1. The maximum Gasteiger partial charge on any atom is 0.243 e. The van der Waals surface area contributed by atoms with Crippen molar-refractivity contribution in [1.29, 1.82) is 0 Å². The number of nitrogens with zero attached hydrogens (tertiary/aromatic N) is 3. The van der Waals surface area contributed by atoms with Crippen LogP contribution in [-0.2, 0) is 26.1 Å². The molecule has 1 N–H and O–H groups in total. The van der Waals surface area contributed by atoms with Crippen molar-refractivity contribution in [3.63, 3.8) is 0 Å². The van der Waals surface area contributed by atoms with Crippen molar-refractivity contribution < 1.29 is 17.9 Å². The molecule has 0 saturated carbocycles. The van der Waals surface area contributed by atoms with Gasteiger partial charge in [-0.15, -0.1) is 0 Å². The standard InChI is InChI=1S/C21H30N4O4S2/c1-2-25-19-9-8-17(31(27,28)24-10-4-3-5-11-24)13-18(19)23-21(25)30-15-20(26)22-14-16-7-6-12-29-16/h8-9,13,16H,2-7,10-12,14-15H2,1H3,(H,22,26)/t16-/m1/s1. The molecule has 2 aliphatic rings. The molecule has 1 aromatic heterocycles. The molecular formula is C21H30N4O4S2. The third-order valence-corrected chi connectivity index (χ3v) is 8.71. The summed E-state index contributed by atoms with van der Waals surface area (Å²) in [5.41, 5.74) is 1.52. The highest BCUT2D eigenvalue weighted by atomic mass is 32.2. The molecule has 0 radical (unpaired) electrons. The predicted molar refractivity (Wildman–Crippen MR) is 121 cm³/mol. The van der Waals surface area contributed by atoms with E-state index in [0.717, 1.165) is 49.4 Å². The fraction of sp³-hybridized carbons (Fsp3) is 0.619. The number of rotatable bonds is 8. The molecular weight excluding hydrogens is 436 g/mol. The summed E-state index contributed by atoms with van der Waals surface area (Å²) in [6.45, 7) is 5.17. The van der Waals surface area contributed by atoms with Gasteiger partial charge in [-0.25, -0.2) is 13.4 Å². The van der Waals surface area contributed by atoms with Crippen molar-refractivity contribution in [1.82, 2.24) is 19.2 Å². The van der Waals surface area contributed by atoms with Crippen LogP contribution in [0.3, 0.4) is 0 Å². The van der Waals surface area contributed by atoms with Crippen molar-refractivity contribution in [2.24, 2.45) is 0 Å². The minimum Gasteiger partial charge on any atom is -0.376 e. The minimum absolute atomic E-state index is 0.0522. The van der Waals surface area contributed by atoms with Crippen molar-refractivity contribution in [2.75, 3.05) is 32.0 Å². The summed E-state index contributed by atoms with van der Waals surface area (Å²) >= 11 is 1.37. The molecule has 10 heteroatoms. The maximum atomic E-state index is 13.0. The summed E-state index contributed by atoms with van der Waals surface area (Å²) in [6.07, 6.45) is 5.04. The number of sulfonamides is 1. The number of aryl methyl sites for hydroxylation is 1. The van der Waals surface area contributed by atoms with E-state index in [0.29, 0.717) is 31.7 Å². The van der Waals surface area contributed by atoms with Crippen LogP contribution in [-0.4, -0.2) is 66.3 Å². The van der Waals surface area contributed by atoms with E-state index >= 15 is 0 Å². The zero-order valence-electron chi connectivity index (χ0n) is 17.9. The van der Waals surface area contributed by atoms with Gasteiger partial charge in [0.1, 0.15) is 0 Å². The summed E-state index contributed by atoms with van der Waals surface area (Å²) < 4.78 is 35.1. The first-order chi connectivity index (χ1) is 15.0. The third-order valence-electron chi connectivity index (χ3n) is 5.84. The van der Waals surface area contributed by atoms with Crippen LogP contribution in [0, 0.1) is 0 Å². The van der Waals surface area contributed by atoms with Gasteiger partial charge < -0.3 is 14.6 Å². The fourth-order valence-electron chi connectivity index (χ4n) is 4.13. The van der Waals surface area contributed by atoms with Gasteiger partial charge in [0, 0.05) is 32.8 Å². The quantitative estimate of drug-likeness (QED) is 0.601. The van der Waals surface area contributed by atoms with Crippen LogP contribution in [0.2, 0.25) is 0 Å². The van der Waals surface area contributed by atoms with Crippen LogP contribution in [0.1, 0.15) is 39.0 Å². The van der Waals surface area contributed by atoms with Gasteiger partial charge in [-0.05, 0) is 50.8 Å². The molecule has 2 fully saturated rings. The number of hydrogen-bond acceptors (Lipinski definition) is 6. The number of fused-ring (bicyclic) bond motifs is 1. The lowest BCUT2D eigenvalue weighted by molar-refractivity contribution is -0.119. The average molecular weight is 467 g/mol. The number of carbonyl (C=O) groups excluding carboxylic acids is 1. The Kier molecular flexibility index (Phi) is 7.20. The number of amides is 1. The van der Waals surface area contributed by atoms with Gasteiger partial charge in [0.15, 0.2) is 5.16 Å². The smallest absolute Gasteiger partial charge is 0.243 e. The van der Waals surface area contributed by atoms with Crippen LogP contribution in [0.4, 0.5) is 0 Å². The maximum absolute atomic E-state index is 13.0. The first-order valence-corrected chi connectivity index (χ1v) is 13.4. The van der Waals surface area contributed by atoms with E-state index in [-0.39, 0.29) is 22.7 Å². The van der Waals surface area contributed by atoms with E-state index in [2.05, 4.69) is 10.3 Å². The van der Waals surface area contributed by atoms with E-state index in [4.69, 9.17) is 4.74 Å². The van der Waals surface area contributed by atoms with Crippen molar-refractivity contribution in [3.05, 3.63) is 18.2 Å². The highest BCUT2D eigenvalue weighted by Crippen LogP contribution is 2.28. The van der Waals surface area contributed by atoms with Gasteiger partial charge in [-0.1, -0.05) is 18.2 Å². The molecule has 1 amide bonds. The lowest BCUT2D eigenvalue weighted by Gasteiger charge is -2.25. The van der Waals surface area contributed by atoms with Crippen molar-refractivity contribution >= 4 is 38.7 Å². The number of carbonyl (C=O) groups is 1. The molecule has 0 aliphatic carbocycles. The predicted octanol–water partition coefficient (Wildman–Crippen LogP) is 2.62. The first-order valence-electron chi connectivity index (χ1n) is 11.0. The Morgan fingerprint density at radius 3 is 2.77 bits per heavy atom. The van der Waals surface area contributed by atoms with E-state index in [9.17, 15) is 13.2 Å². The van der Waals surface area contributed by atoms with Crippen molar-refractivity contribution in [2.45, 2.75) is 61.7 Å². The van der Waals surface area contributed by atoms with Crippen molar-refractivity contribution in [3.8, 4) is 0 Å². The molecule has 0 unspecified atom stereocenters. The van der Waals surface area contributed by atoms with E-state index < -0.39 is 10.0 Å². The number of imidazole rings is 1. The van der Waals surface area contributed by atoms with E-state index in [1.165, 1.54) is 11.8 Å². The second kappa shape index (κ2) is 9.89. The Morgan fingerprint density at radius 1 is 1.26 bits per heavy atom.